The third kappa shape index (κ3) is 2.86. The van der Waals surface area contributed by atoms with Gasteiger partial charge in [-0.25, -0.2) is 0 Å². The number of rotatable bonds is 3. The molecule has 0 radical (unpaired) electrons. The summed E-state index contributed by atoms with van der Waals surface area (Å²) in [6.07, 6.45) is 3.64. The number of halogens is 1. The highest BCUT2D eigenvalue weighted by Crippen LogP contribution is 2.07. The molecule has 0 atom stereocenters. The van der Waals surface area contributed by atoms with Crippen LogP contribution in [0.4, 0.5) is 5.69 Å². The fourth-order valence-corrected chi connectivity index (χ4v) is 1.22. The van der Waals surface area contributed by atoms with Crippen LogP contribution in [0.5, 0.6) is 0 Å². The number of hydrogen-bond donors (Lipinski definition) is 2. The second-order valence-corrected chi connectivity index (χ2v) is 3.15. The Hall–Kier alpha value is -0.800. The molecule has 13 heavy (non-hydrogen) atoms. The molecule has 0 aromatic carbocycles. The van der Waals surface area contributed by atoms with Crippen molar-refractivity contribution in [2.75, 3.05) is 25.0 Å². The van der Waals surface area contributed by atoms with Gasteiger partial charge in [0.1, 0.15) is 0 Å². The third-order valence-electron chi connectivity index (χ3n) is 2.12. The van der Waals surface area contributed by atoms with Crippen LogP contribution in [-0.4, -0.2) is 24.6 Å². The maximum Gasteiger partial charge on any atom is 0.0526 e. The monoisotopic (exact) mass is 199 g/mol. The van der Waals surface area contributed by atoms with E-state index in [1.165, 1.54) is 0 Å². The van der Waals surface area contributed by atoms with Crippen molar-refractivity contribution in [2.24, 2.45) is 5.92 Å². The van der Waals surface area contributed by atoms with Crippen molar-refractivity contribution in [1.82, 2.24) is 10.3 Å². The molecule has 1 aromatic rings. The van der Waals surface area contributed by atoms with Crippen LogP contribution >= 0.6 is 12.4 Å². The van der Waals surface area contributed by atoms with Crippen LogP contribution < -0.4 is 10.6 Å². The molecule has 1 aromatic heterocycles. The first-order valence-corrected chi connectivity index (χ1v) is 4.30. The summed E-state index contributed by atoms with van der Waals surface area (Å²) in [6.45, 7) is 3.35. The summed E-state index contributed by atoms with van der Waals surface area (Å²) in [6, 6.07) is 3.99. The first kappa shape index (κ1) is 10.3. The van der Waals surface area contributed by atoms with E-state index in [1.807, 2.05) is 18.3 Å². The molecule has 1 fully saturated rings. The number of nitrogens with one attached hydrogen (secondary N) is 2. The van der Waals surface area contributed by atoms with E-state index in [2.05, 4.69) is 15.6 Å². The van der Waals surface area contributed by atoms with E-state index >= 15 is 0 Å². The van der Waals surface area contributed by atoms with Crippen LogP contribution in [0.2, 0.25) is 0 Å². The Morgan fingerprint density at radius 3 is 2.92 bits per heavy atom. The number of anilines is 1. The lowest BCUT2D eigenvalue weighted by molar-refractivity contribution is 0.365. The molecular formula is C9H14ClN3. The SMILES string of the molecule is Cl.c1cncc(NCC2CNC2)c1. The predicted octanol–water partition coefficient (Wildman–Crippen LogP) is 1.13. The molecule has 1 aliphatic rings. The lowest BCUT2D eigenvalue weighted by Crippen LogP contribution is -2.45. The molecule has 4 heteroatoms. The summed E-state index contributed by atoms with van der Waals surface area (Å²) in [4.78, 5) is 4.03. The fourth-order valence-electron chi connectivity index (χ4n) is 1.22. The van der Waals surface area contributed by atoms with E-state index in [0.29, 0.717) is 0 Å². The molecular weight excluding hydrogens is 186 g/mol. The first-order valence-electron chi connectivity index (χ1n) is 4.30. The lowest BCUT2D eigenvalue weighted by Gasteiger charge is -2.27. The van der Waals surface area contributed by atoms with Crippen LogP contribution in [0, 0.1) is 5.92 Å². The molecule has 0 saturated carbocycles. The van der Waals surface area contributed by atoms with E-state index in [4.69, 9.17) is 0 Å². The lowest BCUT2D eigenvalue weighted by atomic mass is 10.0. The van der Waals surface area contributed by atoms with Crippen molar-refractivity contribution >= 4 is 18.1 Å². The van der Waals surface area contributed by atoms with E-state index in [0.717, 1.165) is 31.2 Å². The molecule has 0 spiro atoms. The van der Waals surface area contributed by atoms with Gasteiger partial charge in [0, 0.05) is 37.9 Å². The average molecular weight is 200 g/mol. The zero-order valence-corrected chi connectivity index (χ0v) is 8.18. The summed E-state index contributed by atoms with van der Waals surface area (Å²) >= 11 is 0. The zero-order chi connectivity index (χ0) is 8.23. The number of nitrogens with zero attached hydrogens (tertiary/aromatic N) is 1. The molecule has 0 unspecified atom stereocenters. The van der Waals surface area contributed by atoms with Gasteiger partial charge < -0.3 is 10.6 Å². The van der Waals surface area contributed by atoms with Gasteiger partial charge in [0.15, 0.2) is 0 Å². The van der Waals surface area contributed by atoms with Gasteiger partial charge in [-0.3, -0.25) is 4.98 Å². The Kier molecular flexibility index (Phi) is 3.99. The molecule has 2 rings (SSSR count). The summed E-state index contributed by atoms with van der Waals surface area (Å²) in [5, 5.41) is 6.59. The van der Waals surface area contributed by atoms with Crippen LogP contribution in [0.15, 0.2) is 24.5 Å². The number of aromatic nitrogens is 1. The number of hydrogen-bond acceptors (Lipinski definition) is 3. The van der Waals surface area contributed by atoms with Gasteiger partial charge in [-0.05, 0) is 12.1 Å². The van der Waals surface area contributed by atoms with Crippen LogP contribution in [-0.2, 0) is 0 Å². The van der Waals surface area contributed by atoms with Crippen molar-refractivity contribution in [3.05, 3.63) is 24.5 Å². The van der Waals surface area contributed by atoms with E-state index in [-0.39, 0.29) is 12.4 Å². The van der Waals surface area contributed by atoms with Gasteiger partial charge in [0.05, 0.1) is 5.69 Å². The maximum atomic E-state index is 4.03. The Bertz CT molecular complexity index is 236. The molecule has 72 valence electrons. The van der Waals surface area contributed by atoms with Crippen LogP contribution in [0.1, 0.15) is 0 Å². The minimum atomic E-state index is 0. The van der Waals surface area contributed by atoms with Crippen LogP contribution in [0.25, 0.3) is 0 Å². The van der Waals surface area contributed by atoms with Crippen molar-refractivity contribution < 1.29 is 0 Å². The second-order valence-electron chi connectivity index (χ2n) is 3.15. The highest BCUT2D eigenvalue weighted by atomic mass is 35.5. The Morgan fingerprint density at radius 1 is 1.54 bits per heavy atom. The highest BCUT2D eigenvalue weighted by molar-refractivity contribution is 5.85. The van der Waals surface area contributed by atoms with Crippen molar-refractivity contribution in [3.8, 4) is 0 Å². The minimum Gasteiger partial charge on any atom is -0.383 e. The summed E-state index contributed by atoms with van der Waals surface area (Å²) < 4.78 is 0. The minimum absolute atomic E-state index is 0. The van der Waals surface area contributed by atoms with E-state index in [9.17, 15) is 0 Å². The predicted molar refractivity (Wildman–Crippen MR) is 56.3 cm³/mol. The van der Waals surface area contributed by atoms with E-state index in [1.54, 1.807) is 6.20 Å². The largest absolute Gasteiger partial charge is 0.383 e. The van der Waals surface area contributed by atoms with Gasteiger partial charge in [0.25, 0.3) is 0 Å². The molecule has 1 saturated heterocycles. The average Bonchev–Trinajstić information content (AvgIpc) is 2.04. The van der Waals surface area contributed by atoms with Gasteiger partial charge in [-0.2, -0.15) is 0 Å². The molecule has 3 nitrogen and oxygen atoms in total. The Labute approximate surface area is 84.4 Å². The smallest absolute Gasteiger partial charge is 0.0526 e. The summed E-state index contributed by atoms with van der Waals surface area (Å²) in [7, 11) is 0. The van der Waals surface area contributed by atoms with Crippen molar-refractivity contribution in [2.45, 2.75) is 0 Å². The molecule has 2 N–H and O–H groups in total. The third-order valence-corrected chi connectivity index (χ3v) is 2.12. The fraction of sp³-hybridized carbons (Fsp3) is 0.444. The highest BCUT2D eigenvalue weighted by Gasteiger charge is 2.15. The number of pyridine rings is 1. The van der Waals surface area contributed by atoms with Gasteiger partial charge in [0.2, 0.25) is 0 Å². The Morgan fingerprint density at radius 2 is 2.38 bits per heavy atom. The molecule has 1 aliphatic heterocycles. The first-order chi connectivity index (χ1) is 5.95. The molecule has 0 bridgehead atoms. The van der Waals surface area contributed by atoms with Gasteiger partial charge >= 0.3 is 0 Å². The molecule has 0 aliphatic carbocycles. The van der Waals surface area contributed by atoms with E-state index < -0.39 is 0 Å². The summed E-state index contributed by atoms with van der Waals surface area (Å²) in [5.74, 6) is 0.796. The standard InChI is InChI=1S/C9H13N3.ClH/c1-2-9(7-10-3-1)12-6-8-4-11-5-8;/h1-3,7-8,11-12H,4-6H2;1H. The zero-order valence-electron chi connectivity index (χ0n) is 7.36. The second kappa shape index (κ2) is 5.04. The van der Waals surface area contributed by atoms with Gasteiger partial charge in [-0.1, -0.05) is 0 Å². The van der Waals surface area contributed by atoms with Gasteiger partial charge in [-0.15, -0.1) is 12.4 Å². The maximum absolute atomic E-state index is 4.03. The Balaban J connectivity index is 0.000000845. The van der Waals surface area contributed by atoms with Crippen molar-refractivity contribution in [3.63, 3.8) is 0 Å². The quantitative estimate of drug-likeness (QED) is 0.767. The summed E-state index contributed by atoms with van der Waals surface area (Å²) in [5.41, 5.74) is 1.12. The van der Waals surface area contributed by atoms with Crippen molar-refractivity contribution in [1.29, 1.82) is 0 Å². The topological polar surface area (TPSA) is 37.0 Å². The normalized spacial score (nSPS) is 15.7. The molecule has 0 amide bonds. The molecule has 2 heterocycles. The van der Waals surface area contributed by atoms with Crippen LogP contribution in [0.3, 0.4) is 0 Å².